The van der Waals surface area contributed by atoms with Crippen molar-refractivity contribution in [3.63, 3.8) is 0 Å². The van der Waals surface area contributed by atoms with Crippen molar-refractivity contribution in [1.82, 2.24) is 14.7 Å². The van der Waals surface area contributed by atoms with Crippen molar-refractivity contribution in [2.45, 2.75) is 136 Å². The van der Waals surface area contributed by atoms with Gasteiger partial charge in [0.05, 0.1) is 40.9 Å². The molecule has 398 valence electrons. The molecule has 2 unspecified atom stereocenters. The van der Waals surface area contributed by atoms with E-state index in [2.05, 4.69) is 41.1 Å². The van der Waals surface area contributed by atoms with E-state index >= 15 is 4.79 Å². The molecule has 3 aromatic rings. The van der Waals surface area contributed by atoms with Crippen molar-refractivity contribution in [2.75, 3.05) is 45.2 Å². The Balaban J connectivity index is 1.08. The molecular weight excluding hydrogens is 945 g/mol. The van der Waals surface area contributed by atoms with Crippen molar-refractivity contribution in [2.24, 2.45) is 39.6 Å². The lowest BCUT2D eigenvalue weighted by Crippen LogP contribution is -2.52. The van der Waals surface area contributed by atoms with Crippen LogP contribution in [0.25, 0.3) is 10.8 Å². The fourth-order valence-corrected chi connectivity index (χ4v) is 12.2. The number of ether oxygens (including phenoxy) is 4. The number of phenols is 2. The second kappa shape index (κ2) is 20.7. The number of aliphatic hydroxyl groups excluding tert-OH is 2. The van der Waals surface area contributed by atoms with Crippen LogP contribution in [0.2, 0.25) is 0 Å². The molecule has 3 saturated heterocycles. The number of carbonyl (C=O) groups is 3. The molecule has 7 aliphatic rings. The molecule has 7 heterocycles. The molecule has 3 fully saturated rings. The number of carbonyl (C=O) groups excluding carboxylic acids is 3. The molecule has 11 atom stereocenters. The summed E-state index contributed by atoms with van der Waals surface area (Å²) in [6.07, 6.45) is 5.31. The van der Waals surface area contributed by atoms with Gasteiger partial charge >= 0.3 is 11.9 Å². The Bertz CT molecular complexity index is 2900. The van der Waals surface area contributed by atoms with Gasteiger partial charge in [0.1, 0.15) is 28.6 Å². The molecule has 7 bridgehead atoms. The van der Waals surface area contributed by atoms with Crippen molar-refractivity contribution in [1.29, 1.82) is 0 Å². The quantitative estimate of drug-likeness (QED) is 0.172. The zero-order valence-electron chi connectivity index (χ0n) is 44.4. The lowest BCUT2D eigenvalue weighted by atomic mass is 9.78. The van der Waals surface area contributed by atoms with E-state index in [1.807, 2.05) is 32.0 Å². The van der Waals surface area contributed by atoms with Gasteiger partial charge in [0.15, 0.2) is 11.4 Å². The Hall–Kier alpha value is -5.85. The maximum absolute atomic E-state index is 15.0. The van der Waals surface area contributed by atoms with Crippen molar-refractivity contribution in [3.8, 4) is 17.2 Å². The predicted octanol–water partition coefficient (Wildman–Crippen LogP) is 6.28. The standard InChI is InChI=1S/C57H74N6O11/c1-30(2)26-61-22-20-57(21-23-61)59-44-41-42-49(66)36(8)52-43(41)53(68)56(9,74-52)72-24-19-40(71-10)33(5)51(73-55(70)63-29-38-25-39(63)28-62(38)27-37-17-12-11-13-18-37)35(7)48(65)34(6)47(64)31(3)15-14-16-32(4)54(69)58-46(50(42)67)45(44)60-57/h11-19,24,30-31,33-35,38-40,47-48,51,64-67H,20-23,25-29H2,1-10H3,(H,58,69)/b15-14+,24-19+,32-16-/t31-,33+,34+,35+,38?,39?,40-,47-,48+,51+,56-/m0/s1. The number of nitrogens with one attached hydrogen (secondary N) is 1. The van der Waals surface area contributed by atoms with Crippen LogP contribution < -0.4 is 20.8 Å². The van der Waals surface area contributed by atoms with Gasteiger partial charge in [-0.3, -0.25) is 24.5 Å². The molecule has 0 saturated carbocycles. The molecule has 5 N–H and O–H groups in total. The number of hydrogen-bond donors (Lipinski definition) is 5. The number of aliphatic hydroxyl groups is 2. The van der Waals surface area contributed by atoms with E-state index in [-0.39, 0.29) is 67.5 Å². The van der Waals surface area contributed by atoms with Gasteiger partial charge in [0.25, 0.3) is 11.7 Å². The Morgan fingerprint density at radius 2 is 1.61 bits per heavy atom. The largest absolute Gasteiger partial charge is 0.507 e. The van der Waals surface area contributed by atoms with E-state index in [1.54, 1.807) is 56.9 Å². The van der Waals surface area contributed by atoms with Gasteiger partial charge in [-0.15, -0.1) is 0 Å². The van der Waals surface area contributed by atoms with Gasteiger partial charge < -0.3 is 54.5 Å². The number of amides is 2. The third-order valence-corrected chi connectivity index (χ3v) is 16.6. The number of hydrogen-bond acceptors (Lipinski definition) is 15. The Morgan fingerprint density at radius 1 is 0.905 bits per heavy atom. The molecule has 17 nitrogen and oxygen atoms in total. The summed E-state index contributed by atoms with van der Waals surface area (Å²) >= 11 is 0. The van der Waals surface area contributed by atoms with E-state index in [0.717, 1.165) is 19.5 Å². The summed E-state index contributed by atoms with van der Waals surface area (Å²) in [4.78, 5) is 60.4. The maximum atomic E-state index is 15.0. The first-order valence-corrected chi connectivity index (χ1v) is 26.3. The molecule has 0 radical (unpaired) electrons. The van der Waals surface area contributed by atoms with Crippen molar-refractivity contribution >= 4 is 34.2 Å². The van der Waals surface area contributed by atoms with Crippen LogP contribution in [0, 0.1) is 36.5 Å². The number of anilines is 1. The fourth-order valence-electron chi connectivity index (χ4n) is 12.2. The van der Waals surface area contributed by atoms with Crippen LogP contribution >= 0.6 is 0 Å². The van der Waals surface area contributed by atoms with E-state index in [9.17, 15) is 30.0 Å². The lowest BCUT2D eigenvalue weighted by Gasteiger charge is -2.40. The third-order valence-electron chi connectivity index (χ3n) is 16.6. The van der Waals surface area contributed by atoms with E-state index in [4.69, 9.17) is 28.9 Å². The Kier molecular flexibility index (Phi) is 14.8. The minimum atomic E-state index is -1.99. The van der Waals surface area contributed by atoms with E-state index < -0.39 is 83.1 Å². The molecule has 17 heteroatoms. The van der Waals surface area contributed by atoms with Gasteiger partial charge in [0, 0.05) is 118 Å². The number of fused-ring (bicyclic) bond motifs is 15. The molecule has 1 spiro atoms. The number of phenolic OH excluding ortho intramolecular Hbond substituents is 2. The van der Waals surface area contributed by atoms with Crippen molar-refractivity contribution < 1.29 is 53.8 Å². The second-order valence-electron chi connectivity index (χ2n) is 22.3. The zero-order chi connectivity index (χ0) is 53.1. The first-order valence-electron chi connectivity index (χ1n) is 26.3. The lowest BCUT2D eigenvalue weighted by molar-refractivity contribution is -0.112. The molecule has 2 amide bonds. The number of methoxy groups -OCH3 is 1. The number of piperazine rings is 1. The Morgan fingerprint density at radius 3 is 2.27 bits per heavy atom. The number of likely N-dealkylation sites (tertiary alicyclic amines) is 3. The number of ketones is 1. The highest BCUT2D eigenvalue weighted by atomic mass is 16.7. The highest BCUT2D eigenvalue weighted by Crippen LogP contribution is 2.50. The summed E-state index contributed by atoms with van der Waals surface area (Å²) in [5.74, 6) is -6.07. The van der Waals surface area contributed by atoms with Gasteiger partial charge in [-0.1, -0.05) is 90.1 Å². The summed E-state index contributed by atoms with van der Waals surface area (Å²) < 4.78 is 25.2. The topological polar surface area (TPSA) is 216 Å². The SMILES string of the molecule is CO[C@H]1/C=C/O[C@@]2(C)Oc3c(C)c(O)c4c(O)c(c5c(c4c3C2=O)=NC2(CCN(CC(C)C)CC2)N=5)NC(=O)/C(C)=C\C=C\[C@H](C)[C@H](O)[C@@H](C)[C@@H](O)[C@@H](C)[C@H](OC(=O)N2CC3CC2CN3Cc2ccccc2)[C@@H]1C. The van der Waals surface area contributed by atoms with Crippen LogP contribution in [-0.2, 0) is 25.5 Å². The monoisotopic (exact) mass is 1020 g/mol. The molecule has 74 heavy (non-hydrogen) atoms. The van der Waals surface area contributed by atoms with E-state index in [0.29, 0.717) is 44.9 Å². The smallest absolute Gasteiger partial charge is 0.410 e. The minimum absolute atomic E-state index is 0.0372. The molecule has 7 aliphatic heterocycles. The number of piperidine rings is 1. The van der Waals surface area contributed by atoms with Gasteiger partial charge in [-0.25, -0.2) is 4.79 Å². The van der Waals surface area contributed by atoms with Crippen LogP contribution in [0.5, 0.6) is 17.2 Å². The zero-order valence-corrected chi connectivity index (χ0v) is 44.4. The van der Waals surface area contributed by atoms with Crippen LogP contribution in [0.1, 0.15) is 96.1 Å². The molecule has 0 aromatic heterocycles. The number of Topliss-reactive ketones (excluding diaryl/α,β-unsaturated/α-hetero) is 1. The Labute approximate surface area is 433 Å². The van der Waals surface area contributed by atoms with Crippen LogP contribution in [-0.4, -0.2) is 141 Å². The molecule has 0 aliphatic carbocycles. The molecule has 10 rings (SSSR count). The number of nitrogens with zero attached hydrogens (tertiary/aromatic N) is 5. The minimum Gasteiger partial charge on any atom is -0.507 e. The summed E-state index contributed by atoms with van der Waals surface area (Å²) in [7, 11) is 1.50. The van der Waals surface area contributed by atoms with Gasteiger partial charge in [0.2, 0.25) is 0 Å². The normalized spacial score (nSPS) is 32.9. The first-order chi connectivity index (χ1) is 35.2. The highest BCUT2D eigenvalue weighted by molar-refractivity contribution is 6.19. The highest BCUT2D eigenvalue weighted by Gasteiger charge is 2.51. The van der Waals surface area contributed by atoms with Crippen molar-refractivity contribution in [3.05, 3.63) is 93.9 Å². The summed E-state index contributed by atoms with van der Waals surface area (Å²) in [6.45, 7) is 20.5. The second-order valence-corrected chi connectivity index (χ2v) is 22.3. The molecular formula is C57H74N6O11. The van der Waals surface area contributed by atoms with Gasteiger partial charge in [-0.2, -0.15) is 0 Å². The fraction of sp³-hybridized carbons (Fsp3) is 0.561. The number of benzene rings is 3. The van der Waals surface area contributed by atoms with Crippen LogP contribution in [0.3, 0.4) is 0 Å². The summed E-state index contributed by atoms with van der Waals surface area (Å²) in [5, 5.41) is 51.4. The van der Waals surface area contributed by atoms with Crippen LogP contribution in [0.4, 0.5) is 10.5 Å². The van der Waals surface area contributed by atoms with Gasteiger partial charge in [-0.05, 0) is 37.8 Å². The van der Waals surface area contributed by atoms with E-state index in [1.165, 1.54) is 25.9 Å². The number of aromatic hydroxyl groups is 2. The first kappa shape index (κ1) is 53.0. The maximum Gasteiger partial charge on any atom is 0.410 e. The predicted molar refractivity (Wildman–Crippen MR) is 278 cm³/mol. The average molecular weight is 1020 g/mol. The summed E-state index contributed by atoms with van der Waals surface area (Å²) in [6, 6.07) is 10.4. The average Bonchev–Trinajstić information content (AvgIpc) is 4.15. The molecule has 3 aromatic carbocycles. The third kappa shape index (κ3) is 9.70. The number of rotatable bonds is 6. The van der Waals surface area contributed by atoms with Crippen LogP contribution in [0.15, 0.2) is 76.5 Å². The number of allylic oxidation sites excluding steroid dienone is 2. The summed E-state index contributed by atoms with van der Waals surface area (Å²) in [5.41, 5.74) is 0.623.